The van der Waals surface area contributed by atoms with Crippen molar-refractivity contribution in [2.45, 2.75) is 30.8 Å². The molecule has 1 aromatic heterocycles. The molecule has 3 rings (SSSR count). The Hall–Kier alpha value is -2.67. The van der Waals surface area contributed by atoms with Gasteiger partial charge in [-0.25, -0.2) is 4.68 Å². The molecule has 140 valence electrons. The number of hydrogen-bond donors (Lipinski definition) is 0. The van der Waals surface area contributed by atoms with E-state index in [2.05, 4.69) is 15.5 Å². The highest BCUT2D eigenvalue weighted by molar-refractivity contribution is 8.00. The summed E-state index contributed by atoms with van der Waals surface area (Å²) in [6.07, 6.45) is 0. The summed E-state index contributed by atoms with van der Waals surface area (Å²) in [6, 6.07) is 19.8. The molecule has 0 aliphatic carbocycles. The lowest BCUT2D eigenvalue weighted by Gasteiger charge is -2.24. The van der Waals surface area contributed by atoms with Crippen LogP contribution in [0.4, 0.5) is 0 Å². The number of amides is 1. The van der Waals surface area contributed by atoms with Gasteiger partial charge in [-0.1, -0.05) is 72.4 Å². The van der Waals surface area contributed by atoms with Gasteiger partial charge in [0.05, 0.1) is 6.54 Å². The van der Waals surface area contributed by atoms with Crippen molar-refractivity contribution in [3.63, 3.8) is 0 Å². The fraction of sp³-hybridized carbons (Fsp3) is 0.300. The molecular formula is C20H23N5OS. The molecule has 1 atom stereocenters. The number of nitrogens with zero attached hydrogens (tertiary/aromatic N) is 5. The first-order valence-electron chi connectivity index (χ1n) is 9.03. The molecule has 6 nitrogen and oxygen atoms in total. The molecule has 1 unspecified atom stereocenters. The topological polar surface area (TPSA) is 63.9 Å². The molecule has 0 bridgehead atoms. The molecule has 7 heteroatoms. The molecule has 0 radical (unpaired) electrons. The molecule has 0 fully saturated rings. The molecule has 1 amide bonds. The number of likely N-dealkylation sites (N-methyl/N-ethyl adjacent to an activating group) is 1. The average Bonchev–Trinajstić information content (AvgIpc) is 3.15. The first-order chi connectivity index (χ1) is 13.2. The predicted octanol–water partition coefficient (Wildman–Crippen LogP) is 3.42. The second-order valence-electron chi connectivity index (χ2n) is 6.02. The van der Waals surface area contributed by atoms with Crippen molar-refractivity contribution >= 4 is 17.7 Å². The van der Waals surface area contributed by atoms with Crippen molar-refractivity contribution in [2.24, 2.45) is 0 Å². The van der Waals surface area contributed by atoms with E-state index >= 15 is 0 Å². The van der Waals surface area contributed by atoms with E-state index in [1.165, 1.54) is 11.8 Å². The number of rotatable bonds is 8. The number of tetrazole rings is 1. The van der Waals surface area contributed by atoms with Crippen LogP contribution in [-0.2, 0) is 11.3 Å². The zero-order valence-corrected chi connectivity index (χ0v) is 16.3. The highest BCUT2D eigenvalue weighted by atomic mass is 32.2. The summed E-state index contributed by atoms with van der Waals surface area (Å²) in [7, 11) is 0. The van der Waals surface area contributed by atoms with Crippen LogP contribution in [0.3, 0.4) is 0 Å². The van der Waals surface area contributed by atoms with E-state index in [0.29, 0.717) is 24.8 Å². The Morgan fingerprint density at radius 1 is 1.04 bits per heavy atom. The summed E-state index contributed by atoms with van der Waals surface area (Å²) in [6.45, 7) is 5.90. The monoisotopic (exact) mass is 381 g/mol. The van der Waals surface area contributed by atoms with E-state index < -0.39 is 0 Å². The van der Waals surface area contributed by atoms with E-state index in [1.807, 2.05) is 79.4 Å². The van der Waals surface area contributed by atoms with Crippen LogP contribution in [0.1, 0.15) is 30.2 Å². The number of aromatic nitrogens is 4. The van der Waals surface area contributed by atoms with Crippen LogP contribution in [-0.4, -0.2) is 44.1 Å². The summed E-state index contributed by atoms with van der Waals surface area (Å²) in [5.41, 5.74) is 2.06. The van der Waals surface area contributed by atoms with Crippen LogP contribution in [0.25, 0.3) is 0 Å². The van der Waals surface area contributed by atoms with Crippen molar-refractivity contribution in [1.82, 2.24) is 25.1 Å². The summed E-state index contributed by atoms with van der Waals surface area (Å²) in [5.74, 6) is 0.0745. The van der Waals surface area contributed by atoms with Gasteiger partial charge in [0.2, 0.25) is 11.1 Å². The summed E-state index contributed by atoms with van der Waals surface area (Å²) < 4.78 is 1.74. The van der Waals surface area contributed by atoms with Gasteiger partial charge in [0, 0.05) is 13.1 Å². The zero-order chi connectivity index (χ0) is 19.1. The van der Waals surface area contributed by atoms with E-state index in [-0.39, 0.29) is 11.2 Å². The molecule has 3 aromatic rings. The fourth-order valence-corrected chi connectivity index (χ4v) is 3.89. The number of carbonyl (C=O) groups is 1. The van der Waals surface area contributed by atoms with Gasteiger partial charge >= 0.3 is 0 Å². The Kier molecular flexibility index (Phi) is 6.59. The Labute approximate surface area is 163 Å². The second kappa shape index (κ2) is 9.32. The Balaban J connectivity index is 1.87. The lowest BCUT2D eigenvalue weighted by atomic mass is 10.1. The Morgan fingerprint density at radius 2 is 1.67 bits per heavy atom. The van der Waals surface area contributed by atoms with E-state index in [1.54, 1.807) is 4.68 Å². The highest BCUT2D eigenvalue weighted by Crippen LogP contribution is 2.35. The molecule has 0 saturated heterocycles. The quantitative estimate of drug-likeness (QED) is 0.560. The fourth-order valence-electron chi connectivity index (χ4n) is 2.83. The third-order valence-electron chi connectivity index (χ3n) is 4.30. The maximum atomic E-state index is 13.1. The molecule has 0 aliphatic heterocycles. The van der Waals surface area contributed by atoms with Crippen molar-refractivity contribution < 1.29 is 4.79 Å². The molecular weight excluding hydrogens is 358 g/mol. The number of carbonyl (C=O) groups excluding carboxylic acids is 1. The van der Waals surface area contributed by atoms with Crippen LogP contribution in [0.2, 0.25) is 0 Å². The van der Waals surface area contributed by atoms with Crippen molar-refractivity contribution in [2.75, 3.05) is 13.1 Å². The van der Waals surface area contributed by atoms with Crippen LogP contribution in [0, 0.1) is 0 Å². The highest BCUT2D eigenvalue weighted by Gasteiger charge is 2.27. The lowest BCUT2D eigenvalue weighted by Crippen LogP contribution is -2.34. The van der Waals surface area contributed by atoms with Gasteiger partial charge in [-0.05, 0) is 35.4 Å². The van der Waals surface area contributed by atoms with E-state index in [9.17, 15) is 4.79 Å². The number of hydrogen-bond acceptors (Lipinski definition) is 5. The van der Waals surface area contributed by atoms with Crippen LogP contribution >= 0.6 is 11.8 Å². The Morgan fingerprint density at radius 3 is 2.30 bits per heavy atom. The minimum atomic E-state index is -0.383. The van der Waals surface area contributed by atoms with Gasteiger partial charge < -0.3 is 4.90 Å². The predicted molar refractivity (Wildman–Crippen MR) is 106 cm³/mol. The van der Waals surface area contributed by atoms with Gasteiger partial charge in [0.25, 0.3) is 0 Å². The standard InChI is InChI=1S/C20H23N5OS/c1-3-24(4-2)19(26)18(17-13-9-6-10-14-17)27-20-21-22-23-25(20)15-16-11-7-5-8-12-16/h5-14,18H,3-4,15H2,1-2H3. The minimum Gasteiger partial charge on any atom is -0.342 e. The lowest BCUT2D eigenvalue weighted by molar-refractivity contribution is -0.130. The zero-order valence-electron chi connectivity index (χ0n) is 15.5. The van der Waals surface area contributed by atoms with Crippen molar-refractivity contribution in [1.29, 1.82) is 0 Å². The summed E-state index contributed by atoms with van der Waals surface area (Å²) in [5, 5.41) is 12.4. The van der Waals surface area contributed by atoms with E-state index in [4.69, 9.17) is 0 Å². The van der Waals surface area contributed by atoms with Crippen molar-refractivity contribution in [3.05, 3.63) is 71.8 Å². The molecule has 0 aliphatic rings. The largest absolute Gasteiger partial charge is 0.342 e. The smallest absolute Gasteiger partial charge is 0.240 e. The van der Waals surface area contributed by atoms with Crippen LogP contribution in [0.5, 0.6) is 0 Å². The van der Waals surface area contributed by atoms with Gasteiger partial charge in [0.1, 0.15) is 5.25 Å². The first-order valence-corrected chi connectivity index (χ1v) is 9.91. The average molecular weight is 382 g/mol. The minimum absolute atomic E-state index is 0.0745. The molecule has 27 heavy (non-hydrogen) atoms. The van der Waals surface area contributed by atoms with Gasteiger partial charge in [0.15, 0.2) is 0 Å². The molecule has 1 heterocycles. The first kappa shape index (κ1) is 19.1. The summed E-state index contributed by atoms with van der Waals surface area (Å²) in [4.78, 5) is 15.0. The van der Waals surface area contributed by atoms with E-state index in [0.717, 1.165) is 11.1 Å². The Bertz CT molecular complexity index is 849. The van der Waals surface area contributed by atoms with Gasteiger partial charge in [-0.3, -0.25) is 4.79 Å². The number of thioether (sulfide) groups is 1. The SMILES string of the molecule is CCN(CC)C(=O)C(Sc1nnnn1Cc1ccccc1)c1ccccc1. The second-order valence-corrected chi connectivity index (χ2v) is 7.10. The summed E-state index contributed by atoms with van der Waals surface area (Å²) >= 11 is 1.40. The molecule has 0 spiro atoms. The molecule has 0 saturated carbocycles. The molecule has 0 N–H and O–H groups in total. The van der Waals surface area contributed by atoms with Gasteiger partial charge in [-0.2, -0.15) is 0 Å². The maximum Gasteiger partial charge on any atom is 0.240 e. The van der Waals surface area contributed by atoms with Crippen LogP contribution < -0.4 is 0 Å². The van der Waals surface area contributed by atoms with Crippen LogP contribution in [0.15, 0.2) is 65.8 Å². The van der Waals surface area contributed by atoms with Crippen molar-refractivity contribution in [3.8, 4) is 0 Å². The normalized spacial score (nSPS) is 11.9. The molecule has 2 aromatic carbocycles. The van der Waals surface area contributed by atoms with Gasteiger partial charge in [-0.15, -0.1) is 5.10 Å². The third-order valence-corrected chi connectivity index (χ3v) is 5.51. The maximum absolute atomic E-state index is 13.1. The third kappa shape index (κ3) is 4.74. The number of benzene rings is 2.